The summed E-state index contributed by atoms with van der Waals surface area (Å²) in [6, 6.07) is 9.57. The highest BCUT2D eigenvalue weighted by molar-refractivity contribution is 8.04. The Balaban J connectivity index is 1.69. The minimum absolute atomic E-state index is 0.125. The zero-order valence-corrected chi connectivity index (χ0v) is 18.7. The van der Waals surface area contributed by atoms with Crippen LogP contribution < -0.4 is 10.6 Å². The molecule has 3 rings (SSSR count). The van der Waals surface area contributed by atoms with Gasteiger partial charge < -0.3 is 10.6 Å². The molecule has 0 radical (unpaired) electrons. The lowest BCUT2D eigenvalue weighted by Gasteiger charge is -2.18. The van der Waals surface area contributed by atoms with E-state index in [2.05, 4.69) is 21.4 Å². The molecule has 0 bridgehead atoms. The second-order valence-corrected chi connectivity index (χ2v) is 8.74. The third-order valence-corrected chi connectivity index (χ3v) is 6.31. The van der Waals surface area contributed by atoms with Crippen molar-refractivity contribution in [2.45, 2.75) is 70.4 Å². The highest BCUT2D eigenvalue weighted by Gasteiger charge is 2.21. The first-order valence-corrected chi connectivity index (χ1v) is 11.4. The standard InChI is InChI=1S/C23H30N4O2S/c1-4-21(23(29)25-19-13-11-18(12-14-19)24-17(3)28)30-22-15-16(2)26-27(22)20-9-7-5-6-8-10-20/h4,11-15,20H,5-10H2,1-3H3,(H,24,28)(H,25,29)/b21-4-. The van der Waals surface area contributed by atoms with E-state index in [9.17, 15) is 9.59 Å². The van der Waals surface area contributed by atoms with Crippen LogP contribution in [0.5, 0.6) is 0 Å². The van der Waals surface area contributed by atoms with Gasteiger partial charge in [-0.1, -0.05) is 43.5 Å². The topological polar surface area (TPSA) is 76.0 Å². The van der Waals surface area contributed by atoms with E-state index in [1.807, 2.05) is 19.9 Å². The highest BCUT2D eigenvalue weighted by atomic mass is 32.2. The molecule has 0 aliphatic heterocycles. The number of carbonyl (C=O) groups excluding carboxylic acids is 2. The van der Waals surface area contributed by atoms with Gasteiger partial charge in [0, 0.05) is 18.3 Å². The SMILES string of the molecule is C/C=C(\Sc1cc(C)nn1C1CCCCCC1)C(=O)Nc1ccc(NC(C)=O)cc1. The summed E-state index contributed by atoms with van der Waals surface area (Å²) in [6.45, 7) is 5.34. The van der Waals surface area contributed by atoms with Crippen LogP contribution in [0.2, 0.25) is 0 Å². The second kappa shape index (κ2) is 10.5. The predicted molar refractivity (Wildman–Crippen MR) is 123 cm³/mol. The first kappa shape index (κ1) is 22.2. The monoisotopic (exact) mass is 426 g/mol. The largest absolute Gasteiger partial charge is 0.326 e. The molecule has 1 heterocycles. The van der Waals surface area contributed by atoms with Gasteiger partial charge in [-0.05, 0) is 57.0 Å². The second-order valence-electron chi connectivity index (χ2n) is 7.68. The number of nitrogens with one attached hydrogen (secondary N) is 2. The Morgan fingerprint density at radius 1 is 1.07 bits per heavy atom. The van der Waals surface area contributed by atoms with E-state index in [1.165, 1.54) is 44.4 Å². The van der Waals surface area contributed by atoms with Gasteiger partial charge in [0.25, 0.3) is 5.91 Å². The molecule has 1 saturated carbocycles. The number of benzene rings is 1. The zero-order chi connectivity index (χ0) is 21.5. The van der Waals surface area contributed by atoms with Crippen LogP contribution in [0.15, 0.2) is 46.3 Å². The summed E-state index contributed by atoms with van der Waals surface area (Å²) in [7, 11) is 0. The average molecular weight is 427 g/mol. The molecule has 7 heteroatoms. The normalized spacial score (nSPS) is 15.5. The maximum absolute atomic E-state index is 12.9. The Labute approximate surface area is 182 Å². The summed E-state index contributed by atoms with van der Waals surface area (Å²) in [5.74, 6) is -0.277. The molecule has 1 aromatic carbocycles. The summed E-state index contributed by atoms with van der Waals surface area (Å²) < 4.78 is 2.13. The van der Waals surface area contributed by atoms with Crippen molar-refractivity contribution in [2.24, 2.45) is 0 Å². The number of aromatic nitrogens is 2. The number of carbonyl (C=O) groups is 2. The van der Waals surface area contributed by atoms with Gasteiger partial charge in [0.1, 0.15) is 0 Å². The van der Waals surface area contributed by atoms with E-state index in [-0.39, 0.29) is 11.8 Å². The maximum atomic E-state index is 12.9. The third-order valence-electron chi connectivity index (χ3n) is 5.16. The number of allylic oxidation sites excluding steroid dienone is 1. The van der Waals surface area contributed by atoms with E-state index < -0.39 is 0 Å². The molecule has 6 nitrogen and oxygen atoms in total. The molecule has 2 N–H and O–H groups in total. The third kappa shape index (κ3) is 5.98. The highest BCUT2D eigenvalue weighted by Crippen LogP contribution is 2.34. The molecule has 1 aromatic heterocycles. The molecule has 0 saturated heterocycles. The van der Waals surface area contributed by atoms with Gasteiger partial charge in [-0.3, -0.25) is 14.3 Å². The Morgan fingerprint density at radius 2 is 1.67 bits per heavy atom. The number of nitrogens with zero attached hydrogens (tertiary/aromatic N) is 2. The van der Waals surface area contributed by atoms with Gasteiger partial charge in [-0.15, -0.1) is 0 Å². The summed E-state index contributed by atoms with van der Waals surface area (Å²) >= 11 is 1.47. The van der Waals surface area contributed by atoms with Gasteiger partial charge in [-0.2, -0.15) is 5.10 Å². The van der Waals surface area contributed by atoms with Crippen LogP contribution >= 0.6 is 11.8 Å². The summed E-state index contributed by atoms with van der Waals surface area (Å²) in [4.78, 5) is 24.6. The van der Waals surface area contributed by atoms with Gasteiger partial charge in [-0.25, -0.2) is 0 Å². The fourth-order valence-electron chi connectivity index (χ4n) is 3.71. The van der Waals surface area contributed by atoms with E-state index in [0.717, 1.165) is 23.6 Å². The number of amides is 2. The Kier molecular flexibility index (Phi) is 7.74. The van der Waals surface area contributed by atoms with Crippen molar-refractivity contribution in [3.63, 3.8) is 0 Å². The number of aryl methyl sites for hydroxylation is 1. The van der Waals surface area contributed by atoms with Crippen molar-refractivity contribution in [1.82, 2.24) is 9.78 Å². The van der Waals surface area contributed by atoms with Gasteiger partial charge in [0.2, 0.25) is 5.91 Å². The van der Waals surface area contributed by atoms with Gasteiger partial charge >= 0.3 is 0 Å². The summed E-state index contributed by atoms with van der Waals surface area (Å²) in [5, 5.41) is 11.4. The molecule has 1 aliphatic carbocycles. The maximum Gasteiger partial charge on any atom is 0.262 e. The van der Waals surface area contributed by atoms with Crippen LogP contribution in [0, 0.1) is 6.92 Å². The van der Waals surface area contributed by atoms with E-state index in [4.69, 9.17) is 5.10 Å². The summed E-state index contributed by atoms with van der Waals surface area (Å²) in [5.41, 5.74) is 2.36. The number of anilines is 2. The minimum atomic E-state index is -0.152. The lowest BCUT2D eigenvalue weighted by molar-refractivity contribution is -0.114. The molecule has 2 aromatic rings. The average Bonchev–Trinajstić information content (AvgIpc) is 2.90. The smallest absolute Gasteiger partial charge is 0.262 e. The summed E-state index contributed by atoms with van der Waals surface area (Å²) in [6.07, 6.45) is 9.19. The molecule has 160 valence electrons. The molecule has 30 heavy (non-hydrogen) atoms. The molecular formula is C23H30N4O2S. The number of hydrogen-bond acceptors (Lipinski definition) is 4. The van der Waals surface area contributed by atoms with Crippen molar-refractivity contribution < 1.29 is 9.59 Å². The van der Waals surface area contributed by atoms with Crippen molar-refractivity contribution in [3.8, 4) is 0 Å². The quantitative estimate of drug-likeness (QED) is 0.354. The molecule has 1 aliphatic rings. The van der Waals surface area contributed by atoms with E-state index in [1.54, 1.807) is 24.3 Å². The van der Waals surface area contributed by atoms with Crippen LogP contribution in [0.25, 0.3) is 0 Å². The number of rotatable bonds is 6. The van der Waals surface area contributed by atoms with Crippen molar-refractivity contribution >= 4 is 35.0 Å². The Hall–Kier alpha value is -2.54. The first-order chi connectivity index (χ1) is 14.5. The molecule has 1 fully saturated rings. The number of hydrogen-bond donors (Lipinski definition) is 2. The van der Waals surface area contributed by atoms with Gasteiger partial charge in [0.15, 0.2) is 0 Å². The Bertz CT molecular complexity index is 910. The van der Waals surface area contributed by atoms with Gasteiger partial charge in [0.05, 0.1) is 21.7 Å². The molecule has 2 amide bonds. The van der Waals surface area contributed by atoms with E-state index in [0.29, 0.717) is 22.3 Å². The minimum Gasteiger partial charge on any atom is -0.326 e. The zero-order valence-electron chi connectivity index (χ0n) is 17.9. The molecular weight excluding hydrogens is 396 g/mol. The lowest BCUT2D eigenvalue weighted by Crippen LogP contribution is -2.15. The number of thioether (sulfide) groups is 1. The Morgan fingerprint density at radius 3 is 2.23 bits per heavy atom. The van der Waals surface area contributed by atoms with Crippen molar-refractivity contribution in [3.05, 3.63) is 47.0 Å². The molecule has 0 atom stereocenters. The lowest BCUT2D eigenvalue weighted by atomic mass is 10.1. The van der Waals surface area contributed by atoms with Crippen molar-refractivity contribution in [1.29, 1.82) is 0 Å². The van der Waals surface area contributed by atoms with Crippen molar-refractivity contribution in [2.75, 3.05) is 10.6 Å². The predicted octanol–water partition coefficient (Wildman–Crippen LogP) is 5.68. The fraction of sp³-hybridized carbons (Fsp3) is 0.435. The van der Waals surface area contributed by atoms with Crippen LogP contribution in [0.1, 0.15) is 64.1 Å². The van der Waals surface area contributed by atoms with Crippen LogP contribution in [0.4, 0.5) is 11.4 Å². The van der Waals surface area contributed by atoms with Crippen LogP contribution in [-0.4, -0.2) is 21.6 Å². The van der Waals surface area contributed by atoms with Crippen LogP contribution in [-0.2, 0) is 9.59 Å². The molecule has 0 spiro atoms. The van der Waals surface area contributed by atoms with E-state index >= 15 is 0 Å². The fourth-order valence-corrected chi connectivity index (χ4v) is 4.71. The first-order valence-electron chi connectivity index (χ1n) is 10.6. The molecule has 0 unspecified atom stereocenters. The van der Waals surface area contributed by atoms with Crippen LogP contribution in [0.3, 0.4) is 0 Å².